The molecule has 0 unspecified atom stereocenters. The highest BCUT2D eigenvalue weighted by atomic mass is 32.1. The van der Waals surface area contributed by atoms with Crippen LogP contribution in [-0.4, -0.2) is 30.1 Å². The van der Waals surface area contributed by atoms with Crippen molar-refractivity contribution in [3.63, 3.8) is 0 Å². The molecular formula is C29H28N2O6S. The Morgan fingerprint density at radius 2 is 1.84 bits per heavy atom. The topological polar surface area (TPSA) is 98.9 Å². The van der Waals surface area contributed by atoms with E-state index in [1.165, 1.54) is 4.90 Å². The first-order valence-electron chi connectivity index (χ1n) is 12.7. The molecule has 1 atom stereocenters. The van der Waals surface area contributed by atoms with Crippen molar-refractivity contribution >= 4 is 39.3 Å². The fourth-order valence-electron chi connectivity index (χ4n) is 4.59. The lowest BCUT2D eigenvalue weighted by atomic mass is 9.98. The van der Waals surface area contributed by atoms with E-state index in [9.17, 15) is 14.4 Å². The molecule has 0 bridgehead atoms. The van der Waals surface area contributed by atoms with Gasteiger partial charge < -0.3 is 13.9 Å². The van der Waals surface area contributed by atoms with Gasteiger partial charge >= 0.3 is 5.97 Å². The van der Waals surface area contributed by atoms with Crippen molar-refractivity contribution in [3.8, 4) is 5.75 Å². The average Bonchev–Trinajstić information content (AvgIpc) is 3.44. The zero-order valence-electron chi connectivity index (χ0n) is 21.5. The highest BCUT2D eigenvalue weighted by Crippen LogP contribution is 2.43. The summed E-state index contributed by atoms with van der Waals surface area (Å²) in [6, 6.07) is 13.4. The van der Waals surface area contributed by atoms with Crippen molar-refractivity contribution in [3.05, 3.63) is 86.2 Å². The molecule has 0 N–H and O–H groups in total. The Bertz CT molecular complexity index is 1560. The first-order valence-corrected chi connectivity index (χ1v) is 13.5. The van der Waals surface area contributed by atoms with Crippen LogP contribution in [0.15, 0.2) is 57.7 Å². The van der Waals surface area contributed by atoms with Gasteiger partial charge in [0.05, 0.1) is 35.9 Å². The predicted octanol–water partition coefficient (Wildman–Crippen LogP) is 6.05. The van der Waals surface area contributed by atoms with Crippen LogP contribution >= 0.6 is 11.3 Å². The molecule has 1 amide bonds. The fourth-order valence-corrected chi connectivity index (χ4v) is 5.58. The largest absolute Gasteiger partial charge is 0.494 e. The molecule has 0 aliphatic carbocycles. The normalized spacial score (nSPS) is 14.7. The zero-order valence-corrected chi connectivity index (χ0v) is 22.3. The maximum absolute atomic E-state index is 13.8. The van der Waals surface area contributed by atoms with Crippen LogP contribution < -0.4 is 15.1 Å². The van der Waals surface area contributed by atoms with E-state index in [0.717, 1.165) is 30.6 Å². The van der Waals surface area contributed by atoms with Crippen molar-refractivity contribution in [1.82, 2.24) is 4.98 Å². The molecule has 2 aromatic carbocycles. The lowest BCUT2D eigenvalue weighted by Gasteiger charge is -2.22. The number of esters is 1. The third-order valence-corrected chi connectivity index (χ3v) is 7.58. The molecule has 0 saturated heterocycles. The first kappa shape index (κ1) is 25.7. The minimum atomic E-state index is -0.784. The lowest BCUT2D eigenvalue weighted by molar-refractivity contribution is 0.0531. The molecule has 1 aliphatic heterocycles. The number of aryl methyl sites for hydroxylation is 1. The summed E-state index contributed by atoms with van der Waals surface area (Å²) in [4.78, 5) is 46.3. The number of fused-ring (bicyclic) bond motifs is 2. The standard InChI is InChI=1S/C29H28N2O6S/c1-4-6-9-16-36-19-14-12-18(13-15-19)23-22-24(32)20-10-7-8-11-21(20)37-25(22)27(33)31(23)29-30-17(3)26(38-29)28(34)35-5-2/h7-8,10-15,23H,4-6,9,16H2,1-3H3/t23-/m0/s1. The SMILES string of the molecule is CCCCCOc1ccc([C@H]2c3c(oc4ccccc4c3=O)C(=O)N2c2nc(C)c(C(=O)OCC)s2)cc1. The Morgan fingerprint density at radius 1 is 1.08 bits per heavy atom. The molecule has 0 saturated carbocycles. The van der Waals surface area contributed by atoms with E-state index >= 15 is 0 Å². The van der Waals surface area contributed by atoms with Gasteiger partial charge in [0.25, 0.3) is 5.91 Å². The van der Waals surface area contributed by atoms with Crippen molar-refractivity contribution in [2.75, 3.05) is 18.1 Å². The summed E-state index contributed by atoms with van der Waals surface area (Å²) >= 11 is 1.06. The number of para-hydroxylation sites is 1. The van der Waals surface area contributed by atoms with Crippen molar-refractivity contribution in [2.24, 2.45) is 0 Å². The summed E-state index contributed by atoms with van der Waals surface area (Å²) < 4.78 is 17.0. The molecule has 0 radical (unpaired) electrons. The summed E-state index contributed by atoms with van der Waals surface area (Å²) in [5.41, 5.74) is 1.46. The van der Waals surface area contributed by atoms with E-state index < -0.39 is 17.9 Å². The number of aromatic nitrogens is 1. The van der Waals surface area contributed by atoms with E-state index in [1.807, 2.05) is 24.3 Å². The maximum Gasteiger partial charge on any atom is 0.350 e. The van der Waals surface area contributed by atoms with Crippen molar-refractivity contribution in [2.45, 2.75) is 46.1 Å². The summed E-state index contributed by atoms with van der Waals surface area (Å²) in [6.07, 6.45) is 3.17. The van der Waals surface area contributed by atoms with Gasteiger partial charge in [-0.1, -0.05) is 55.4 Å². The van der Waals surface area contributed by atoms with Crippen LogP contribution in [0.25, 0.3) is 11.0 Å². The summed E-state index contributed by atoms with van der Waals surface area (Å²) in [6.45, 7) is 6.40. The number of carbonyl (C=O) groups is 2. The number of amides is 1. The second-order valence-electron chi connectivity index (χ2n) is 9.00. The molecule has 0 spiro atoms. The molecule has 2 aromatic heterocycles. The van der Waals surface area contributed by atoms with Gasteiger partial charge in [0, 0.05) is 0 Å². The summed E-state index contributed by atoms with van der Waals surface area (Å²) in [5, 5.41) is 0.680. The van der Waals surface area contributed by atoms with Crippen LogP contribution in [0.2, 0.25) is 0 Å². The van der Waals surface area contributed by atoms with Gasteiger partial charge in [-0.15, -0.1) is 0 Å². The van der Waals surface area contributed by atoms with Gasteiger partial charge in [0.1, 0.15) is 16.2 Å². The number of benzene rings is 2. The first-order chi connectivity index (χ1) is 18.4. The van der Waals surface area contributed by atoms with Crippen LogP contribution in [0.4, 0.5) is 5.13 Å². The Morgan fingerprint density at radius 3 is 2.58 bits per heavy atom. The highest BCUT2D eigenvalue weighted by Gasteiger charge is 2.45. The molecule has 1 aliphatic rings. The van der Waals surface area contributed by atoms with Gasteiger partial charge in [-0.3, -0.25) is 14.5 Å². The number of hydrogen-bond acceptors (Lipinski definition) is 8. The van der Waals surface area contributed by atoms with Crippen molar-refractivity contribution in [1.29, 1.82) is 0 Å². The van der Waals surface area contributed by atoms with Gasteiger partial charge in [-0.25, -0.2) is 9.78 Å². The van der Waals surface area contributed by atoms with Crippen LogP contribution in [0.1, 0.15) is 76.2 Å². The third kappa shape index (κ3) is 4.58. The Kier molecular flexibility index (Phi) is 7.28. The van der Waals surface area contributed by atoms with E-state index in [1.54, 1.807) is 38.1 Å². The summed E-state index contributed by atoms with van der Waals surface area (Å²) in [7, 11) is 0. The van der Waals surface area contributed by atoms with Crippen LogP contribution in [-0.2, 0) is 4.74 Å². The van der Waals surface area contributed by atoms with Crippen LogP contribution in [0.5, 0.6) is 5.75 Å². The number of unbranched alkanes of at least 4 members (excludes halogenated alkanes) is 2. The number of carbonyl (C=O) groups excluding carboxylic acids is 2. The quantitative estimate of drug-likeness (QED) is 0.191. The molecule has 4 aromatic rings. The van der Waals surface area contributed by atoms with Crippen LogP contribution in [0.3, 0.4) is 0 Å². The van der Waals surface area contributed by atoms with Gasteiger partial charge in [0.2, 0.25) is 5.76 Å². The molecule has 5 rings (SSSR count). The molecule has 9 heteroatoms. The van der Waals surface area contributed by atoms with E-state index in [2.05, 4.69) is 11.9 Å². The number of nitrogens with zero attached hydrogens (tertiary/aromatic N) is 2. The smallest absolute Gasteiger partial charge is 0.350 e. The van der Waals surface area contributed by atoms with Gasteiger partial charge in [0.15, 0.2) is 10.6 Å². The Balaban J connectivity index is 1.61. The molecule has 38 heavy (non-hydrogen) atoms. The monoisotopic (exact) mass is 532 g/mol. The Labute approximate surface area is 223 Å². The van der Waals surface area contributed by atoms with Crippen LogP contribution in [0, 0.1) is 6.92 Å². The molecule has 196 valence electrons. The number of thiazole rings is 1. The number of ether oxygens (including phenoxy) is 2. The summed E-state index contributed by atoms with van der Waals surface area (Å²) in [5.74, 6) is -0.304. The van der Waals surface area contributed by atoms with Gasteiger partial charge in [-0.2, -0.15) is 0 Å². The lowest BCUT2D eigenvalue weighted by Crippen LogP contribution is -2.29. The minimum absolute atomic E-state index is 0.0240. The number of rotatable bonds is 9. The second kappa shape index (κ2) is 10.8. The molecular weight excluding hydrogens is 504 g/mol. The van der Waals surface area contributed by atoms with E-state index in [0.29, 0.717) is 39.5 Å². The van der Waals surface area contributed by atoms with E-state index in [4.69, 9.17) is 13.9 Å². The third-order valence-electron chi connectivity index (χ3n) is 6.44. The number of hydrogen-bond donors (Lipinski definition) is 0. The average molecular weight is 533 g/mol. The number of anilines is 1. The maximum atomic E-state index is 13.8. The predicted molar refractivity (Wildman–Crippen MR) is 145 cm³/mol. The van der Waals surface area contributed by atoms with Crippen molar-refractivity contribution < 1.29 is 23.5 Å². The zero-order chi connectivity index (χ0) is 26.8. The van der Waals surface area contributed by atoms with Gasteiger partial charge in [-0.05, 0) is 50.1 Å². The molecule has 8 nitrogen and oxygen atoms in total. The molecule has 3 heterocycles. The minimum Gasteiger partial charge on any atom is -0.494 e. The van der Waals surface area contributed by atoms with E-state index in [-0.39, 0.29) is 28.5 Å². The molecule has 0 fully saturated rings. The second-order valence-corrected chi connectivity index (χ2v) is 9.98. The fraction of sp³-hybridized carbons (Fsp3) is 0.310. The highest BCUT2D eigenvalue weighted by molar-refractivity contribution is 7.17. The Hall–Kier alpha value is -3.98.